The number of nitrogens with zero attached hydrogens (tertiary/aromatic N) is 1. The van der Waals surface area contributed by atoms with Gasteiger partial charge in [0.1, 0.15) is 0 Å². The molecule has 0 radical (unpaired) electrons. The van der Waals surface area contributed by atoms with Crippen LogP contribution in [0.15, 0.2) is 48.6 Å². The van der Waals surface area contributed by atoms with Gasteiger partial charge in [-0.05, 0) is 48.6 Å². The summed E-state index contributed by atoms with van der Waals surface area (Å²) >= 11 is 6.02. The highest BCUT2D eigenvalue weighted by Crippen LogP contribution is 2.51. The van der Waals surface area contributed by atoms with Crippen LogP contribution in [0.1, 0.15) is 35.1 Å². The van der Waals surface area contributed by atoms with Crippen molar-refractivity contribution in [2.45, 2.75) is 25.3 Å². The number of hydrogen-bond acceptors (Lipinski definition) is 3. The third kappa shape index (κ3) is 2.29. The molecule has 2 aromatic carbocycles. The molecule has 5 heteroatoms. The molecule has 1 aliphatic carbocycles. The highest BCUT2D eigenvalue weighted by Gasteiger charge is 2.39. The van der Waals surface area contributed by atoms with Crippen LogP contribution in [-0.2, 0) is 0 Å². The van der Waals surface area contributed by atoms with Gasteiger partial charge in [-0.3, -0.25) is 10.1 Å². The van der Waals surface area contributed by atoms with E-state index in [0.29, 0.717) is 22.4 Å². The second kappa shape index (κ2) is 5.64. The van der Waals surface area contributed by atoms with Crippen molar-refractivity contribution in [3.63, 3.8) is 0 Å². The van der Waals surface area contributed by atoms with Gasteiger partial charge in [0, 0.05) is 22.7 Å². The molecule has 3 atom stereocenters. The minimum Gasteiger partial charge on any atom is -0.377 e. The van der Waals surface area contributed by atoms with E-state index in [1.807, 2.05) is 37.3 Å². The van der Waals surface area contributed by atoms with Crippen molar-refractivity contribution in [1.29, 1.82) is 0 Å². The number of nitro benzene ring substituents is 1. The Morgan fingerprint density at radius 1 is 1.21 bits per heavy atom. The van der Waals surface area contributed by atoms with E-state index < -0.39 is 0 Å². The average molecular weight is 341 g/mol. The summed E-state index contributed by atoms with van der Waals surface area (Å²) in [7, 11) is 0. The molecular formula is C19H17ClN2O2. The maximum absolute atomic E-state index is 11.3. The topological polar surface area (TPSA) is 55.2 Å². The van der Waals surface area contributed by atoms with Crippen molar-refractivity contribution in [2.24, 2.45) is 5.92 Å². The van der Waals surface area contributed by atoms with Crippen LogP contribution < -0.4 is 5.32 Å². The number of fused-ring (bicyclic) bond motifs is 3. The lowest BCUT2D eigenvalue weighted by Gasteiger charge is -2.38. The molecule has 2 aromatic rings. The predicted molar refractivity (Wildman–Crippen MR) is 95.6 cm³/mol. The van der Waals surface area contributed by atoms with Gasteiger partial charge in [-0.15, -0.1) is 0 Å². The summed E-state index contributed by atoms with van der Waals surface area (Å²) in [4.78, 5) is 11.0. The highest BCUT2D eigenvalue weighted by atomic mass is 35.5. The van der Waals surface area contributed by atoms with Crippen molar-refractivity contribution in [1.82, 2.24) is 0 Å². The van der Waals surface area contributed by atoms with E-state index in [-0.39, 0.29) is 16.7 Å². The standard InChI is InChI=1S/C19H17ClN2O2/c1-11-17(22(23)24)10-9-16-14-3-2-4-15(14)19(21-18(11)16)12-5-7-13(20)8-6-12/h2-3,5-10,14-15,19,21H,4H2,1H3. The molecule has 0 fully saturated rings. The van der Waals surface area contributed by atoms with Crippen molar-refractivity contribution >= 4 is 23.0 Å². The van der Waals surface area contributed by atoms with E-state index in [9.17, 15) is 10.1 Å². The first-order chi connectivity index (χ1) is 11.6. The molecule has 3 unspecified atom stereocenters. The van der Waals surface area contributed by atoms with E-state index in [2.05, 4.69) is 17.5 Å². The molecule has 24 heavy (non-hydrogen) atoms. The van der Waals surface area contributed by atoms with Crippen LogP contribution in [0.4, 0.5) is 11.4 Å². The van der Waals surface area contributed by atoms with Crippen molar-refractivity contribution in [3.05, 3.63) is 80.4 Å². The van der Waals surface area contributed by atoms with E-state index in [0.717, 1.165) is 23.2 Å². The molecule has 4 rings (SSSR count). The third-order valence-electron chi connectivity index (χ3n) is 5.19. The van der Waals surface area contributed by atoms with Gasteiger partial charge in [0.05, 0.1) is 16.5 Å². The van der Waals surface area contributed by atoms with E-state index in [1.54, 1.807) is 6.07 Å². The Morgan fingerprint density at radius 2 is 1.96 bits per heavy atom. The second-order valence-corrected chi connectivity index (χ2v) is 6.89. The average Bonchev–Trinajstić information content (AvgIpc) is 3.05. The smallest absolute Gasteiger partial charge is 0.274 e. The number of hydrogen-bond donors (Lipinski definition) is 1. The molecule has 4 nitrogen and oxygen atoms in total. The second-order valence-electron chi connectivity index (χ2n) is 6.46. The predicted octanol–water partition coefficient (Wildman–Crippen LogP) is 5.38. The van der Waals surface area contributed by atoms with Crippen LogP contribution in [-0.4, -0.2) is 4.92 Å². The lowest BCUT2D eigenvalue weighted by atomic mass is 9.76. The van der Waals surface area contributed by atoms with Crippen molar-refractivity contribution in [2.75, 3.05) is 5.32 Å². The normalized spacial score (nSPS) is 24.2. The molecule has 122 valence electrons. The summed E-state index contributed by atoms with van der Waals surface area (Å²) < 4.78 is 0. The molecular weight excluding hydrogens is 324 g/mol. The highest BCUT2D eigenvalue weighted by molar-refractivity contribution is 6.30. The van der Waals surface area contributed by atoms with Crippen LogP contribution >= 0.6 is 11.6 Å². The van der Waals surface area contributed by atoms with Crippen LogP contribution in [0.3, 0.4) is 0 Å². The summed E-state index contributed by atoms with van der Waals surface area (Å²) in [6, 6.07) is 11.5. The lowest BCUT2D eigenvalue weighted by Crippen LogP contribution is -2.29. The number of anilines is 1. The number of allylic oxidation sites excluding steroid dienone is 2. The first-order valence-electron chi connectivity index (χ1n) is 8.03. The molecule has 0 amide bonds. The fourth-order valence-corrected chi connectivity index (χ4v) is 4.13. The Morgan fingerprint density at radius 3 is 2.67 bits per heavy atom. The van der Waals surface area contributed by atoms with Gasteiger partial charge in [0.2, 0.25) is 0 Å². The zero-order chi connectivity index (χ0) is 16.8. The summed E-state index contributed by atoms with van der Waals surface area (Å²) in [5, 5.41) is 15.6. The maximum Gasteiger partial charge on any atom is 0.274 e. The van der Waals surface area contributed by atoms with Crippen LogP contribution in [0.5, 0.6) is 0 Å². The Kier molecular flexibility index (Phi) is 3.57. The summed E-state index contributed by atoms with van der Waals surface area (Å²) in [5.74, 6) is 0.709. The summed E-state index contributed by atoms with van der Waals surface area (Å²) in [6.07, 6.45) is 5.45. The monoisotopic (exact) mass is 340 g/mol. The summed E-state index contributed by atoms with van der Waals surface area (Å²) in [5.41, 5.74) is 4.08. The number of halogens is 1. The molecule has 0 aromatic heterocycles. The quantitative estimate of drug-likeness (QED) is 0.453. The molecule has 1 N–H and O–H groups in total. The Hall–Kier alpha value is -2.33. The van der Waals surface area contributed by atoms with Crippen LogP contribution in [0.2, 0.25) is 5.02 Å². The van der Waals surface area contributed by atoms with Gasteiger partial charge < -0.3 is 5.32 Å². The zero-order valence-electron chi connectivity index (χ0n) is 13.2. The number of nitro groups is 1. The van der Waals surface area contributed by atoms with Gasteiger partial charge in [-0.2, -0.15) is 0 Å². The van der Waals surface area contributed by atoms with E-state index in [1.165, 1.54) is 0 Å². The van der Waals surface area contributed by atoms with Crippen LogP contribution in [0.25, 0.3) is 0 Å². The van der Waals surface area contributed by atoms with Gasteiger partial charge in [0.15, 0.2) is 0 Å². The first kappa shape index (κ1) is 15.2. The minimum atomic E-state index is -0.314. The van der Waals surface area contributed by atoms with Gasteiger partial charge in [0.25, 0.3) is 5.69 Å². The molecule has 1 aliphatic heterocycles. The largest absolute Gasteiger partial charge is 0.377 e. The lowest BCUT2D eigenvalue weighted by molar-refractivity contribution is -0.385. The minimum absolute atomic E-state index is 0.121. The fraction of sp³-hybridized carbons (Fsp3) is 0.263. The fourth-order valence-electron chi connectivity index (χ4n) is 4.00. The Bertz CT molecular complexity index is 845. The van der Waals surface area contributed by atoms with E-state index >= 15 is 0 Å². The molecule has 1 heterocycles. The number of rotatable bonds is 2. The van der Waals surface area contributed by atoms with Crippen molar-refractivity contribution in [3.8, 4) is 0 Å². The first-order valence-corrected chi connectivity index (χ1v) is 8.40. The van der Waals surface area contributed by atoms with Gasteiger partial charge in [-0.25, -0.2) is 0 Å². The van der Waals surface area contributed by atoms with Gasteiger partial charge >= 0.3 is 0 Å². The van der Waals surface area contributed by atoms with Gasteiger partial charge in [-0.1, -0.05) is 35.9 Å². The van der Waals surface area contributed by atoms with Crippen LogP contribution in [0, 0.1) is 23.0 Å². The third-order valence-corrected chi connectivity index (χ3v) is 5.45. The number of benzene rings is 2. The number of nitrogens with one attached hydrogen (secondary N) is 1. The summed E-state index contributed by atoms with van der Waals surface area (Å²) in [6.45, 7) is 1.82. The Labute approximate surface area is 145 Å². The molecule has 2 aliphatic rings. The zero-order valence-corrected chi connectivity index (χ0v) is 14.0. The molecule has 0 saturated carbocycles. The Balaban J connectivity index is 1.83. The van der Waals surface area contributed by atoms with Crippen molar-refractivity contribution < 1.29 is 4.92 Å². The molecule has 0 bridgehead atoms. The SMILES string of the molecule is Cc1c([N+](=O)[O-])ccc2c1NC(c1ccc(Cl)cc1)C1CC=CC21. The van der Waals surface area contributed by atoms with E-state index in [4.69, 9.17) is 11.6 Å². The maximum atomic E-state index is 11.3. The molecule has 0 saturated heterocycles. The molecule has 0 spiro atoms.